The molecule has 0 radical (unpaired) electrons. The standard InChI is InChI=1S/C20H18ClF3N6O2/c21-13-2-1-3-14-17(13)18(28-30(14)9-16(31)27-10-20(22,23)24)12-7-29(8-12)19(32)11-4-5-26-15(25)6-11/h1-6,12H,7-10H2,(H2,25,26)(H,27,31). The average Bonchev–Trinajstić information content (AvgIpc) is 3.04. The van der Waals surface area contributed by atoms with Crippen molar-refractivity contribution in [3.8, 4) is 0 Å². The first-order valence-electron chi connectivity index (χ1n) is 9.61. The van der Waals surface area contributed by atoms with Crippen LogP contribution in [-0.2, 0) is 11.3 Å². The van der Waals surface area contributed by atoms with Crippen LogP contribution in [0.2, 0.25) is 5.02 Å². The molecule has 0 aliphatic carbocycles. The molecule has 2 amide bonds. The van der Waals surface area contributed by atoms with Crippen molar-refractivity contribution in [3.05, 3.63) is 52.8 Å². The van der Waals surface area contributed by atoms with Gasteiger partial charge in [-0.3, -0.25) is 14.3 Å². The highest BCUT2D eigenvalue weighted by Gasteiger charge is 2.36. The zero-order valence-corrected chi connectivity index (χ0v) is 17.3. The molecule has 1 aliphatic rings. The van der Waals surface area contributed by atoms with Crippen LogP contribution >= 0.6 is 11.6 Å². The fraction of sp³-hybridized carbons (Fsp3) is 0.300. The summed E-state index contributed by atoms with van der Waals surface area (Å²) in [6, 6.07) is 8.11. The third kappa shape index (κ3) is 4.47. The van der Waals surface area contributed by atoms with E-state index in [0.717, 1.165) is 0 Å². The van der Waals surface area contributed by atoms with Crippen LogP contribution in [0.4, 0.5) is 19.0 Å². The number of aromatic nitrogens is 3. The number of benzene rings is 1. The molecule has 1 aromatic carbocycles. The summed E-state index contributed by atoms with van der Waals surface area (Å²) in [6.45, 7) is -1.06. The van der Waals surface area contributed by atoms with Crippen molar-refractivity contribution in [2.75, 3.05) is 25.4 Å². The Morgan fingerprint density at radius 2 is 2.00 bits per heavy atom. The van der Waals surface area contributed by atoms with Crippen LogP contribution < -0.4 is 11.1 Å². The number of halogens is 4. The maximum atomic E-state index is 12.6. The van der Waals surface area contributed by atoms with Crippen molar-refractivity contribution in [1.82, 2.24) is 25.0 Å². The van der Waals surface area contributed by atoms with Crippen molar-refractivity contribution < 1.29 is 22.8 Å². The molecule has 1 saturated heterocycles. The fourth-order valence-electron chi connectivity index (χ4n) is 3.59. The first-order chi connectivity index (χ1) is 15.1. The number of hydrogen-bond acceptors (Lipinski definition) is 5. The predicted octanol–water partition coefficient (Wildman–Crippen LogP) is 2.58. The molecule has 0 spiro atoms. The first-order valence-corrected chi connectivity index (χ1v) is 9.99. The second kappa shape index (κ2) is 8.30. The first kappa shape index (κ1) is 21.9. The quantitative estimate of drug-likeness (QED) is 0.601. The summed E-state index contributed by atoms with van der Waals surface area (Å²) < 4.78 is 38.5. The minimum absolute atomic E-state index is 0.139. The van der Waals surface area contributed by atoms with Gasteiger partial charge in [0.05, 0.1) is 16.2 Å². The number of nitrogen functional groups attached to an aromatic ring is 1. The van der Waals surface area contributed by atoms with E-state index in [-0.39, 0.29) is 17.6 Å². The van der Waals surface area contributed by atoms with Gasteiger partial charge in [0.2, 0.25) is 5.91 Å². The highest BCUT2D eigenvalue weighted by molar-refractivity contribution is 6.35. The van der Waals surface area contributed by atoms with E-state index in [2.05, 4.69) is 10.1 Å². The van der Waals surface area contributed by atoms with E-state index in [1.807, 2.05) is 5.32 Å². The molecule has 1 fully saturated rings. The third-order valence-electron chi connectivity index (χ3n) is 5.12. The van der Waals surface area contributed by atoms with Gasteiger partial charge in [-0.05, 0) is 24.3 Å². The van der Waals surface area contributed by atoms with Crippen LogP contribution in [0.3, 0.4) is 0 Å². The van der Waals surface area contributed by atoms with Gasteiger partial charge in [0.15, 0.2) is 0 Å². The molecule has 8 nitrogen and oxygen atoms in total. The topological polar surface area (TPSA) is 106 Å². The number of alkyl halides is 3. The number of likely N-dealkylation sites (tertiary alicyclic amines) is 1. The SMILES string of the molecule is Nc1cc(C(=O)N2CC(c3nn(CC(=O)NCC(F)(F)F)c4cccc(Cl)c34)C2)ccn1. The van der Waals surface area contributed by atoms with Gasteiger partial charge in [-0.15, -0.1) is 0 Å². The molecule has 3 aromatic rings. The Bertz CT molecular complexity index is 1190. The molecule has 0 saturated carbocycles. The van der Waals surface area contributed by atoms with E-state index in [1.165, 1.54) is 16.9 Å². The van der Waals surface area contributed by atoms with Gasteiger partial charge in [-0.1, -0.05) is 17.7 Å². The Labute approximate surface area is 185 Å². The lowest BCUT2D eigenvalue weighted by Gasteiger charge is -2.38. The maximum Gasteiger partial charge on any atom is 0.405 e. The molecule has 168 valence electrons. The van der Waals surface area contributed by atoms with Crippen molar-refractivity contribution in [3.63, 3.8) is 0 Å². The molecule has 3 N–H and O–H groups in total. The Morgan fingerprint density at radius 1 is 1.25 bits per heavy atom. The number of nitrogens with zero attached hydrogens (tertiary/aromatic N) is 4. The van der Waals surface area contributed by atoms with Gasteiger partial charge < -0.3 is 16.0 Å². The number of rotatable bonds is 5. The highest BCUT2D eigenvalue weighted by atomic mass is 35.5. The number of carbonyl (C=O) groups excluding carboxylic acids is 2. The highest BCUT2D eigenvalue weighted by Crippen LogP contribution is 2.36. The number of hydrogen-bond donors (Lipinski definition) is 2. The molecule has 0 atom stereocenters. The minimum Gasteiger partial charge on any atom is -0.384 e. The van der Waals surface area contributed by atoms with Crippen LogP contribution in [0.5, 0.6) is 0 Å². The lowest BCUT2D eigenvalue weighted by atomic mass is 9.93. The van der Waals surface area contributed by atoms with Gasteiger partial charge in [0, 0.05) is 36.2 Å². The summed E-state index contributed by atoms with van der Waals surface area (Å²) in [6.07, 6.45) is -3.05. The molecule has 2 aromatic heterocycles. The van der Waals surface area contributed by atoms with E-state index in [0.29, 0.717) is 40.3 Å². The van der Waals surface area contributed by atoms with E-state index in [4.69, 9.17) is 17.3 Å². The monoisotopic (exact) mass is 466 g/mol. The predicted molar refractivity (Wildman–Crippen MR) is 111 cm³/mol. The van der Waals surface area contributed by atoms with Gasteiger partial charge in [0.1, 0.15) is 18.9 Å². The maximum absolute atomic E-state index is 12.6. The van der Waals surface area contributed by atoms with E-state index < -0.39 is 25.2 Å². The van der Waals surface area contributed by atoms with Crippen molar-refractivity contribution in [1.29, 1.82) is 0 Å². The second-order valence-electron chi connectivity index (χ2n) is 7.45. The molecular formula is C20H18ClF3N6O2. The van der Waals surface area contributed by atoms with Gasteiger partial charge in [-0.25, -0.2) is 4.98 Å². The molecule has 0 bridgehead atoms. The molecule has 12 heteroatoms. The fourth-order valence-corrected chi connectivity index (χ4v) is 3.86. The number of fused-ring (bicyclic) bond motifs is 1. The Hall–Kier alpha value is -3.34. The lowest BCUT2D eigenvalue weighted by molar-refractivity contribution is -0.138. The molecule has 1 aliphatic heterocycles. The van der Waals surface area contributed by atoms with Gasteiger partial charge in [-0.2, -0.15) is 18.3 Å². The Kier molecular flexibility index (Phi) is 5.68. The van der Waals surface area contributed by atoms with Crippen LogP contribution in [0.25, 0.3) is 10.9 Å². The molecule has 0 unspecified atom stereocenters. The normalized spacial score (nSPS) is 14.4. The number of carbonyl (C=O) groups is 2. The zero-order chi connectivity index (χ0) is 23.0. The molecular weight excluding hydrogens is 449 g/mol. The summed E-state index contributed by atoms with van der Waals surface area (Å²) >= 11 is 6.37. The van der Waals surface area contributed by atoms with Crippen molar-refractivity contribution in [2.45, 2.75) is 18.6 Å². The third-order valence-corrected chi connectivity index (χ3v) is 5.43. The van der Waals surface area contributed by atoms with Crippen LogP contribution in [0.15, 0.2) is 36.5 Å². The number of anilines is 1. The van der Waals surface area contributed by atoms with Crippen molar-refractivity contribution in [2.24, 2.45) is 0 Å². The van der Waals surface area contributed by atoms with Gasteiger partial charge in [0.25, 0.3) is 5.91 Å². The van der Waals surface area contributed by atoms with E-state index >= 15 is 0 Å². The van der Waals surface area contributed by atoms with Gasteiger partial charge >= 0.3 is 6.18 Å². The largest absolute Gasteiger partial charge is 0.405 e. The summed E-state index contributed by atoms with van der Waals surface area (Å²) in [5.74, 6) is -0.913. The summed E-state index contributed by atoms with van der Waals surface area (Å²) in [4.78, 5) is 30.1. The minimum atomic E-state index is -4.50. The summed E-state index contributed by atoms with van der Waals surface area (Å²) in [5, 5.41) is 7.32. The van der Waals surface area contributed by atoms with Crippen LogP contribution in [0.1, 0.15) is 22.0 Å². The number of nitrogens with two attached hydrogens (primary N) is 1. The second-order valence-corrected chi connectivity index (χ2v) is 7.85. The number of amides is 2. The molecule has 32 heavy (non-hydrogen) atoms. The van der Waals surface area contributed by atoms with Crippen LogP contribution in [-0.4, -0.2) is 57.3 Å². The summed E-state index contributed by atoms with van der Waals surface area (Å²) in [7, 11) is 0. The van der Waals surface area contributed by atoms with Crippen molar-refractivity contribution >= 4 is 40.1 Å². The van der Waals surface area contributed by atoms with Crippen LogP contribution in [0, 0.1) is 0 Å². The Morgan fingerprint density at radius 3 is 2.69 bits per heavy atom. The van der Waals surface area contributed by atoms with E-state index in [1.54, 1.807) is 29.2 Å². The number of pyridine rings is 1. The lowest BCUT2D eigenvalue weighted by Crippen LogP contribution is -2.48. The smallest absolute Gasteiger partial charge is 0.384 e. The molecule has 4 rings (SSSR count). The van der Waals surface area contributed by atoms with E-state index in [9.17, 15) is 22.8 Å². The molecule has 3 heterocycles. The number of nitrogens with one attached hydrogen (secondary N) is 1. The zero-order valence-electron chi connectivity index (χ0n) is 16.6. The summed E-state index contributed by atoms with van der Waals surface area (Å²) in [5.41, 5.74) is 7.18. The Balaban J connectivity index is 1.52. The average molecular weight is 467 g/mol.